The molecule has 2 atom stereocenters. The lowest BCUT2D eigenvalue weighted by Gasteiger charge is -2.32. The van der Waals surface area contributed by atoms with Crippen molar-refractivity contribution in [3.8, 4) is 29.1 Å². The molecule has 188 valence electrons. The molecule has 1 N–H and O–H groups in total. The van der Waals surface area contributed by atoms with Crippen LogP contribution in [0.4, 0.5) is 0 Å². The molecule has 0 amide bonds. The van der Waals surface area contributed by atoms with Gasteiger partial charge in [0.1, 0.15) is 0 Å². The van der Waals surface area contributed by atoms with E-state index in [1.165, 1.54) is 10.5 Å². The Hall–Kier alpha value is -2.62. The molecule has 2 aromatic rings. The molecule has 0 aliphatic carbocycles. The normalized spacial score (nSPS) is 13.3. The highest BCUT2D eigenvalue weighted by atomic mass is 35.5. The molecular weight excluding hydrogens is 452 g/mol. The molecule has 2 unspecified atom stereocenters. The summed E-state index contributed by atoms with van der Waals surface area (Å²) in [4.78, 5) is 1.44. The van der Waals surface area contributed by atoms with Crippen molar-refractivity contribution in [1.29, 1.82) is 5.26 Å². The van der Waals surface area contributed by atoms with Crippen molar-refractivity contribution in [2.45, 2.75) is 38.5 Å². The summed E-state index contributed by atoms with van der Waals surface area (Å²) in [5.41, 5.74) is 1.65. The highest BCUT2D eigenvalue weighted by molar-refractivity contribution is 5.47. The predicted molar refractivity (Wildman–Crippen MR) is 131 cm³/mol. The Labute approximate surface area is 211 Å². The van der Waals surface area contributed by atoms with Crippen molar-refractivity contribution in [1.82, 2.24) is 0 Å². The largest absolute Gasteiger partial charge is 1.00 e. The Morgan fingerprint density at radius 2 is 1.41 bits per heavy atom. The number of ether oxygens (including phenoxy) is 4. The molecule has 2 rings (SSSR count). The summed E-state index contributed by atoms with van der Waals surface area (Å²) in [5.74, 6) is 3.02. The molecule has 0 aromatic heterocycles. The van der Waals surface area contributed by atoms with Crippen molar-refractivity contribution in [2.75, 3.05) is 48.6 Å². The number of benzene rings is 2. The molecule has 0 bridgehead atoms. The Morgan fingerprint density at radius 3 is 1.94 bits per heavy atom. The topological polar surface area (TPSA) is 65.2 Å². The number of nitrogens with one attached hydrogen (secondary N) is 1. The summed E-state index contributed by atoms with van der Waals surface area (Å²) in [5, 5.41) is 10.2. The minimum Gasteiger partial charge on any atom is -1.00 e. The quantitative estimate of drug-likeness (QED) is 0.447. The molecule has 0 saturated carbocycles. The number of halogens is 1. The smallest absolute Gasteiger partial charge is 0.161 e. The van der Waals surface area contributed by atoms with E-state index in [-0.39, 0.29) is 18.3 Å². The lowest BCUT2D eigenvalue weighted by molar-refractivity contribution is -0.879. The van der Waals surface area contributed by atoms with Crippen LogP contribution in [0, 0.1) is 17.2 Å². The van der Waals surface area contributed by atoms with Gasteiger partial charge in [-0.2, -0.15) is 5.26 Å². The van der Waals surface area contributed by atoms with Gasteiger partial charge in [0.15, 0.2) is 23.0 Å². The van der Waals surface area contributed by atoms with Gasteiger partial charge in [-0.3, -0.25) is 0 Å². The van der Waals surface area contributed by atoms with E-state index in [1.807, 2.05) is 30.3 Å². The van der Waals surface area contributed by atoms with Crippen LogP contribution in [0.2, 0.25) is 0 Å². The number of hydrogen-bond acceptors (Lipinski definition) is 5. The number of quaternary nitrogens is 1. The van der Waals surface area contributed by atoms with E-state index in [0.29, 0.717) is 11.5 Å². The summed E-state index contributed by atoms with van der Waals surface area (Å²) < 4.78 is 21.6. The average Bonchev–Trinajstić information content (AvgIpc) is 2.84. The van der Waals surface area contributed by atoms with Crippen LogP contribution >= 0.6 is 0 Å². The van der Waals surface area contributed by atoms with Gasteiger partial charge < -0.3 is 36.3 Å². The summed E-state index contributed by atoms with van der Waals surface area (Å²) in [6.45, 7) is 6.24. The van der Waals surface area contributed by atoms with Gasteiger partial charge in [-0.05, 0) is 54.2 Å². The van der Waals surface area contributed by atoms with Crippen molar-refractivity contribution in [3.05, 3.63) is 47.5 Å². The van der Waals surface area contributed by atoms with Gasteiger partial charge in [0.05, 0.1) is 60.1 Å². The van der Waals surface area contributed by atoms with Gasteiger partial charge in [0.25, 0.3) is 0 Å². The molecule has 0 radical (unpaired) electrons. The first kappa shape index (κ1) is 29.4. The van der Waals surface area contributed by atoms with Crippen molar-refractivity contribution in [3.63, 3.8) is 0 Å². The molecular formula is C27H39ClN2O4. The number of rotatable bonds is 13. The van der Waals surface area contributed by atoms with Crippen LogP contribution in [0.15, 0.2) is 36.4 Å². The molecule has 0 fully saturated rings. The maximum Gasteiger partial charge on any atom is 0.161 e. The highest BCUT2D eigenvalue weighted by Crippen LogP contribution is 2.40. The molecule has 7 heteroatoms. The van der Waals surface area contributed by atoms with Crippen LogP contribution < -0.4 is 36.3 Å². The molecule has 6 nitrogen and oxygen atoms in total. The molecule has 34 heavy (non-hydrogen) atoms. The summed E-state index contributed by atoms with van der Waals surface area (Å²) in [7, 11) is 8.77. The second kappa shape index (κ2) is 13.9. The predicted octanol–water partition coefficient (Wildman–Crippen LogP) is 0.680. The van der Waals surface area contributed by atoms with Crippen molar-refractivity contribution < 1.29 is 36.3 Å². The minimum atomic E-state index is -0.566. The maximum absolute atomic E-state index is 10.2. The van der Waals surface area contributed by atoms with E-state index in [2.05, 4.69) is 33.0 Å². The first-order valence-electron chi connectivity index (χ1n) is 11.5. The van der Waals surface area contributed by atoms with E-state index in [4.69, 9.17) is 18.9 Å². The van der Waals surface area contributed by atoms with E-state index in [1.54, 1.807) is 28.4 Å². The fourth-order valence-electron chi connectivity index (χ4n) is 4.32. The average molecular weight is 491 g/mol. The summed E-state index contributed by atoms with van der Waals surface area (Å²) >= 11 is 0. The first-order valence-corrected chi connectivity index (χ1v) is 11.5. The number of methoxy groups -OCH3 is 4. The van der Waals surface area contributed by atoms with Gasteiger partial charge in [-0.25, -0.2) is 0 Å². The lowest BCUT2D eigenvalue weighted by Crippen LogP contribution is -3.09. The molecule has 2 aromatic carbocycles. The number of likely N-dealkylation sites (N-methyl/N-ethyl adjacent to an activating group) is 1. The van der Waals surface area contributed by atoms with Crippen LogP contribution in [0.3, 0.4) is 0 Å². The fourth-order valence-corrected chi connectivity index (χ4v) is 4.32. The Morgan fingerprint density at radius 1 is 0.853 bits per heavy atom. The fraction of sp³-hybridized carbons (Fsp3) is 0.519. The number of hydrogen-bond donors (Lipinski definition) is 1. The van der Waals surface area contributed by atoms with Crippen LogP contribution in [0.5, 0.6) is 23.0 Å². The van der Waals surface area contributed by atoms with Gasteiger partial charge in [-0.15, -0.1) is 0 Å². The maximum atomic E-state index is 10.2. The summed E-state index contributed by atoms with van der Waals surface area (Å²) in [6, 6.07) is 14.6. The Balaban J connectivity index is 0.00000578. The van der Waals surface area contributed by atoms with Gasteiger partial charge in [0, 0.05) is 6.42 Å². The second-order valence-electron chi connectivity index (χ2n) is 8.81. The third-order valence-corrected chi connectivity index (χ3v) is 6.55. The third-order valence-electron chi connectivity index (χ3n) is 6.55. The van der Waals surface area contributed by atoms with Crippen LogP contribution in [-0.2, 0) is 11.8 Å². The van der Waals surface area contributed by atoms with Crippen molar-refractivity contribution >= 4 is 0 Å². The Kier molecular flexibility index (Phi) is 12.1. The molecule has 0 aliphatic rings. The molecule has 0 spiro atoms. The number of nitriles is 1. The zero-order chi connectivity index (χ0) is 24.4. The molecule has 0 saturated heterocycles. The van der Waals surface area contributed by atoms with E-state index in [9.17, 15) is 5.26 Å². The summed E-state index contributed by atoms with van der Waals surface area (Å²) in [6.07, 6.45) is 2.71. The molecule has 0 heterocycles. The zero-order valence-electron chi connectivity index (χ0n) is 21.5. The van der Waals surface area contributed by atoms with Gasteiger partial charge >= 0.3 is 0 Å². The van der Waals surface area contributed by atoms with E-state index < -0.39 is 5.41 Å². The SMILES string of the molecule is COc1ccc(CC[NH+](C)CCCC(C#N)(c2ccc(OC)c(OC)c2)C(C)C)cc1OC.[Cl-]. The zero-order valence-corrected chi connectivity index (χ0v) is 22.3. The van der Waals surface area contributed by atoms with Gasteiger partial charge in [-0.1, -0.05) is 26.0 Å². The molecule has 0 aliphatic heterocycles. The van der Waals surface area contributed by atoms with Crippen molar-refractivity contribution in [2.24, 2.45) is 5.92 Å². The van der Waals surface area contributed by atoms with E-state index >= 15 is 0 Å². The standard InChI is InChI=1S/C27H38N2O4.ClH/c1-20(2)27(19-28,22-10-12-24(31-5)26(18-22)33-7)14-8-15-29(3)16-13-21-9-11-23(30-4)25(17-21)32-6;/h9-12,17-18,20H,8,13-16H2,1-7H3;1H. The first-order chi connectivity index (χ1) is 15.8. The van der Waals surface area contributed by atoms with Crippen LogP contribution in [-0.4, -0.2) is 48.6 Å². The second-order valence-corrected chi connectivity index (χ2v) is 8.81. The van der Waals surface area contributed by atoms with Gasteiger partial charge in [0.2, 0.25) is 0 Å². The Bertz CT molecular complexity index is 945. The van der Waals surface area contributed by atoms with Crippen LogP contribution in [0.25, 0.3) is 0 Å². The monoisotopic (exact) mass is 490 g/mol. The number of nitrogens with zero attached hydrogens (tertiary/aromatic N) is 1. The lowest BCUT2D eigenvalue weighted by atomic mass is 9.69. The van der Waals surface area contributed by atoms with Crippen LogP contribution in [0.1, 0.15) is 37.8 Å². The van der Waals surface area contributed by atoms with E-state index in [0.717, 1.165) is 49.4 Å². The highest BCUT2D eigenvalue weighted by Gasteiger charge is 2.36. The minimum absolute atomic E-state index is 0. The third kappa shape index (κ3) is 6.94.